The highest BCUT2D eigenvalue weighted by atomic mass is 19.4. The van der Waals surface area contributed by atoms with Crippen molar-refractivity contribution in [2.24, 2.45) is 0 Å². The Balaban J connectivity index is 2.31. The molecule has 0 aliphatic heterocycles. The third-order valence-corrected chi connectivity index (χ3v) is 2.64. The van der Waals surface area contributed by atoms with Crippen LogP contribution < -0.4 is 0 Å². The zero-order valence-corrected chi connectivity index (χ0v) is 11.2. The highest BCUT2D eigenvalue weighted by Crippen LogP contribution is 2.27. The van der Waals surface area contributed by atoms with E-state index in [4.69, 9.17) is 4.74 Å². The molecule has 1 rings (SSSR count). The van der Waals surface area contributed by atoms with Gasteiger partial charge in [0.1, 0.15) is 13.2 Å². The smallest absolute Gasteiger partial charge is 0.411 e. The van der Waals surface area contributed by atoms with Crippen molar-refractivity contribution in [2.75, 3.05) is 26.4 Å². The van der Waals surface area contributed by atoms with Crippen molar-refractivity contribution in [3.63, 3.8) is 0 Å². The number of rotatable bonds is 8. The summed E-state index contributed by atoms with van der Waals surface area (Å²) in [6.45, 7) is 0.0367. The fraction of sp³-hybridized carbons (Fsp3) is 0.833. The Morgan fingerprint density at radius 2 is 1.95 bits per heavy atom. The van der Waals surface area contributed by atoms with Crippen LogP contribution in [0.3, 0.4) is 0 Å². The van der Waals surface area contributed by atoms with Crippen molar-refractivity contribution in [1.29, 1.82) is 0 Å². The number of halogens is 3. The van der Waals surface area contributed by atoms with Crippen molar-refractivity contribution in [3.05, 3.63) is 0 Å². The molecule has 0 radical (unpaired) electrons. The van der Waals surface area contributed by atoms with Gasteiger partial charge in [-0.1, -0.05) is 0 Å². The average Bonchev–Trinajstić information content (AvgIpc) is 3.14. The first kappa shape index (κ1) is 16.7. The zero-order chi connectivity index (χ0) is 15.2. The molecule has 1 aliphatic rings. The van der Waals surface area contributed by atoms with Crippen LogP contribution in [-0.2, 0) is 19.1 Å². The van der Waals surface area contributed by atoms with Crippen LogP contribution in [0, 0.1) is 0 Å². The van der Waals surface area contributed by atoms with E-state index in [9.17, 15) is 22.8 Å². The number of alkyl halides is 3. The molecule has 1 amide bonds. The van der Waals surface area contributed by atoms with Crippen LogP contribution in [-0.4, -0.2) is 55.4 Å². The van der Waals surface area contributed by atoms with Gasteiger partial charge in [0.2, 0.25) is 5.91 Å². The van der Waals surface area contributed by atoms with E-state index in [2.05, 4.69) is 4.74 Å². The highest BCUT2D eigenvalue weighted by Gasteiger charge is 2.34. The predicted molar refractivity (Wildman–Crippen MR) is 62.9 cm³/mol. The van der Waals surface area contributed by atoms with E-state index in [0.717, 1.165) is 12.8 Å². The molecule has 1 saturated carbocycles. The molecular formula is C12H18F3NO4. The minimum Gasteiger partial charge on any atom is -0.465 e. The first-order valence-electron chi connectivity index (χ1n) is 6.43. The lowest BCUT2D eigenvalue weighted by Crippen LogP contribution is -2.38. The van der Waals surface area contributed by atoms with E-state index in [-0.39, 0.29) is 38.1 Å². The standard InChI is InChI=1S/C12H18F3NO4/c1-2-20-11(18)7-16(9-3-4-9)10(17)5-6-19-8-12(13,14)15/h9H,2-8H2,1H3. The summed E-state index contributed by atoms with van der Waals surface area (Å²) in [4.78, 5) is 24.6. The molecule has 0 heterocycles. The molecule has 5 nitrogen and oxygen atoms in total. The topological polar surface area (TPSA) is 55.8 Å². The number of carbonyl (C=O) groups excluding carboxylic acids is 2. The normalized spacial score (nSPS) is 15.0. The first-order valence-corrected chi connectivity index (χ1v) is 6.43. The van der Waals surface area contributed by atoms with Crippen LogP contribution in [0.5, 0.6) is 0 Å². The van der Waals surface area contributed by atoms with Gasteiger partial charge in [-0.05, 0) is 19.8 Å². The summed E-state index contributed by atoms with van der Waals surface area (Å²) in [5.74, 6) is -0.897. The van der Waals surface area contributed by atoms with Crippen molar-refractivity contribution in [1.82, 2.24) is 4.90 Å². The second kappa shape index (κ2) is 7.47. The van der Waals surface area contributed by atoms with Gasteiger partial charge < -0.3 is 14.4 Å². The van der Waals surface area contributed by atoms with Gasteiger partial charge in [0, 0.05) is 6.04 Å². The summed E-state index contributed by atoms with van der Waals surface area (Å²) in [6.07, 6.45) is -2.97. The number of ether oxygens (including phenoxy) is 2. The summed E-state index contributed by atoms with van der Waals surface area (Å²) in [5, 5.41) is 0. The minimum absolute atomic E-state index is 0.00507. The maximum Gasteiger partial charge on any atom is 0.411 e. The molecule has 0 aromatic heterocycles. The summed E-state index contributed by atoms with van der Waals surface area (Å²) < 4.78 is 44.7. The Hall–Kier alpha value is -1.31. The molecule has 0 N–H and O–H groups in total. The minimum atomic E-state index is -4.40. The Kier molecular flexibility index (Phi) is 6.25. The fourth-order valence-corrected chi connectivity index (χ4v) is 1.64. The fourth-order valence-electron chi connectivity index (χ4n) is 1.64. The molecule has 0 atom stereocenters. The van der Waals surface area contributed by atoms with E-state index in [0.29, 0.717) is 0 Å². The highest BCUT2D eigenvalue weighted by molar-refractivity contribution is 5.82. The number of hydrogen-bond donors (Lipinski definition) is 0. The van der Waals surface area contributed by atoms with Gasteiger partial charge >= 0.3 is 12.1 Å². The Bertz CT molecular complexity index is 342. The van der Waals surface area contributed by atoms with E-state index in [1.165, 1.54) is 4.90 Å². The van der Waals surface area contributed by atoms with Crippen molar-refractivity contribution in [2.45, 2.75) is 38.4 Å². The Labute approximate surface area is 115 Å². The number of amides is 1. The van der Waals surface area contributed by atoms with E-state index in [1.54, 1.807) is 6.92 Å². The van der Waals surface area contributed by atoms with Gasteiger partial charge in [-0.25, -0.2) is 0 Å². The van der Waals surface area contributed by atoms with Gasteiger partial charge in [0.25, 0.3) is 0 Å². The second-order valence-electron chi connectivity index (χ2n) is 4.48. The van der Waals surface area contributed by atoms with Crippen LogP contribution >= 0.6 is 0 Å². The van der Waals surface area contributed by atoms with Gasteiger partial charge in [0.05, 0.1) is 19.6 Å². The lowest BCUT2D eigenvalue weighted by molar-refractivity contribution is -0.175. The molecule has 1 fully saturated rings. The lowest BCUT2D eigenvalue weighted by atomic mass is 10.3. The Morgan fingerprint density at radius 3 is 2.45 bits per heavy atom. The second-order valence-corrected chi connectivity index (χ2v) is 4.48. The quantitative estimate of drug-likeness (QED) is 0.503. The first-order chi connectivity index (χ1) is 9.33. The van der Waals surface area contributed by atoms with Gasteiger partial charge in [-0.2, -0.15) is 13.2 Å². The van der Waals surface area contributed by atoms with Crippen LogP contribution in [0.2, 0.25) is 0 Å². The molecule has 116 valence electrons. The molecule has 0 bridgehead atoms. The maximum absolute atomic E-state index is 11.9. The van der Waals surface area contributed by atoms with Crippen LogP contribution in [0.15, 0.2) is 0 Å². The molecule has 0 aromatic rings. The molecule has 0 unspecified atom stereocenters. The molecule has 8 heteroatoms. The molecule has 1 aliphatic carbocycles. The van der Waals surface area contributed by atoms with Crippen LogP contribution in [0.25, 0.3) is 0 Å². The predicted octanol–water partition coefficient (Wildman–Crippen LogP) is 1.51. The summed E-state index contributed by atoms with van der Waals surface area (Å²) in [6, 6.07) is -0.00507. The summed E-state index contributed by atoms with van der Waals surface area (Å²) in [7, 11) is 0. The monoisotopic (exact) mass is 297 g/mol. The molecule has 0 spiro atoms. The largest absolute Gasteiger partial charge is 0.465 e. The molecule has 20 heavy (non-hydrogen) atoms. The van der Waals surface area contributed by atoms with Crippen LogP contribution in [0.4, 0.5) is 13.2 Å². The van der Waals surface area contributed by atoms with E-state index in [1.807, 2.05) is 0 Å². The van der Waals surface area contributed by atoms with Gasteiger partial charge in [-0.3, -0.25) is 9.59 Å². The number of hydrogen-bond acceptors (Lipinski definition) is 4. The molecule has 0 saturated heterocycles. The van der Waals surface area contributed by atoms with Gasteiger partial charge in [-0.15, -0.1) is 0 Å². The third-order valence-electron chi connectivity index (χ3n) is 2.64. The summed E-state index contributed by atoms with van der Waals surface area (Å²) in [5.41, 5.74) is 0. The van der Waals surface area contributed by atoms with Gasteiger partial charge in [0.15, 0.2) is 0 Å². The lowest BCUT2D eigenvalue weighted by Gasteiger charge is -2.21. The number of esters is 1. The zero-order valence-electron chi connectivity index (χ0n) is 11.2. The van der Waals surface area contributed by atoms with Crippen molar-refractivity contribution >= 4 is 11.9 Å². The SMILES string of the molecule is CCOC(=O)CN(C(=O)CCOCC(F)(F)F)C1CC1. The number of nitrogens with zero attached hydrogens (tertiary/aromatic N) is 1. The molecule has 0 aromatic carbocycles. The molecular weight excluding hydrogens is 279 g/mol. The van der Waals surface area contributed by atoms with Crippen molar-refractivity contribution < 1.29 is 32.2 Å². The van der Waals surface area contributed by atoms with E-state index >= 15 is 0 Å². The maximum atomic E-state index is 11.9. The van der Waals surface area contributed by atoms with Crippen LogP contribution in [0.1, 0.15) is 26.2 Å². The average molecular weight is 297 g/mol. The van der Waals surface area contributed by atoms with Crippen molar-refractivity contribution in [3.8, 4) is 0 Å². The Morgan fingerprint density at radius 1 is 1.30 bits per heavy atom. The third kappa shape index (κ3) is 6.74. The summed E-state index contributed by atoms with van der Waals surface area (Å²) >= 11 is 0. The van der Waals surface area contributed by atoms with E-state index < -0.39 is 18.8 Å². The number of carbonyl (C=O) groups is 2.